The molecule has 0 bridgehead atoms. The molecule has 5 heteroatoms. The normalized spacial score (nSPS) is 27.0. The Labute approximate surface area is 170 Å². The zero-order chi connectivity index (χ0) is 21.3. The number of hydrogen-bond donors (Lipinski definition) is 1. The number of hydrogen-bond acceptors (Lipinski definition) is 4. The second-order valence-electron chi connectivity index (χ2n) is 11.1. The van der Waals surface area contributed by atoms with Crippen molar-refractivity contribution >= 4 is 12.1 Å². The highest BCUT2D eigenvalue weighted by Crippen LogP contribution is 2.60. The third-order valence-corrected chi connectivity index (χ3v) is 5.39. The van der Waals surface area contributed by atoms with Gasteiger partial charge in [0.05, 0.1) is 6.42 Å². The fourth-order valence-electron chi connectivity index (χ4n) is 4.64. The van der Waals surface area contributed by atoms with Crippen molar-refractivity contribution in [3.63, 3.8) is 0 Å². The summed E-state index contributed by atoms with van der Waals surface area (Å²) in [6, 6.07) is 0. The number of ether oxygens (including phenoxy) is 2. The van der Waals surface area contributed by atoms with Crippen LogP contribution >= 0.6 is 0 Å². The highest BCUT2D eigenvalue weighted by atomic mass is 16.6. The van der Waals surface area contributed by atoms with Crippen molar-refractivity contribution in [2.45, 2.75) is 92.3 Å². The molecule has 1 saturated carbocycles. The van der Waals surface area contributed by atoms with E-state index >= 15 is 0 Å². The lowest BCUT2D eigenvalue weighted by Crippen LogP contribution is -2.54. The third kappa shape index (κ3) is 6.25. The maximum Gasteiger partial charge on any atom is 0.407 e. The molecule has 1 N–H and O–H groups in total. The molecule has 0 aromatic rings. The zero-order valence-corrected chi connectivity index (χ0v) is 19.0. The van der Waals surface area contributed by atoms with Gasteiger partial charge in [0, 0.05) is 12.0 Å². The summed E-state index contributed by atoms with van der Waals surface area (Å²) in [5.74, 6) is 1.34. The highest BCUT2D eigenvalue weighted by Gasteiger charge is 2.56. The number of allylic oxidation sites excluding steroid dienone is 2. The fraction of sp³-hybridized carbons (Fsp3) is 0.826. The lowest BCUT2D eigenvalue weighted by molar-refractivity contribution is -0.162. The molecule has 3 atom stereocenters. The molecule has 0 unspecified atom stereocenters. The molecule has 28 heavy (non-hydrogen) atoms. The Bertz CT molecular complexity index is 623. The van der Waals surface area contributed by atoms with E-state index in [1.165, 1.54) is 5.57 Å². The van der Waals surface area contributed by atoms with Crippen molar-refractivity contribution in [2.24, 2.45) is 23.2 Å². The van der Waals surface area contributed by atoms with Gasteiger partial charge in [0.2, 0.25) is 0 Å². The number of nitrogens with one attached hydrogen (secondary N) is 1. The number of fused-ring (bicyclic) bond motifs is 1. The number of esters is 1. The Morgan fingerprint density at radius 3 is 2.29 bits per heavy atom. The quantitative estimate of drug-likeness (QED) is 0.495. The highest BCUT2D eigenvalue weighted by molar-refractivity contribution is 5.72. The number of rotatable bonds is 6. The predicted molar refractivity (Wildman–Crippen MR) is 111 cm³/mol. The first-order valence-corrected chi connectivity index (χ1v) is 10.6. The number of alkyl carbamates (subject to hydrolysis) is 1. The van der Waals surface area contributed by atoms with Crippen molar-refractivity contribution in [2.75, 3.05) is 6.54 Å². The van der Waals surface area contributed by atoms with Gasteiger partial charge in [-0.15, -0.1) is 0 Å². The first-order valence-electron chi connectivity index (χ1n) is 10.6. The summed E-state index contributed by atoms with van der Waals surface area (Å²) in [5.41, 5.74) is 0.174. The number of carbonyl (C=O) groups excluding carboxylic acids is 2. The molecule has 1 fully saturated rings. The molecule has 160 valence electrons. The number of carbonyl (C=O) groups is 2. The summed E-state index contributed by atoms with van der Waals surface area (Å²) in [6.07, 6.45) is 5.43. The minimum Gasteiger partial charge on any atom is -0.460 e. The molecule has 0 aromatic carbocycles. The van der Waals surface area contributed by atoms with Crippen molar-refractivity contribution < 1.29 is 19.1 Å². The molecule has 5 nitrogen and oxygen atoms in total. The zero-order valence-electron chi connectivity index (χ0n) is 19.0. The molecule has 1 amide bonds. The Kier molecular flexibility index (Phi) is 6.57. The maximum atomic E-state index is 12.6. The fourth-order valence-corrected chi connectivity index (χ4v) is 4.64. The van der Waals surface area contributed by atoms with Crippen molar-refractivity contribution in [1.29, 1.82) is 0 Å². The molecule has 0 saturated heterocycles. The van der Waals surface area contributed by atoms with Crippen LogP contribution in [0.4, 0.5) is 4.79 Å². The van der Waals surface area contributed by atoms with Crippen LogP contribution < -0.4 is 5.32 Å². The molecule has 0 aromatic heterocycles. The first-order chi connectivity index (χ1) is 12.7. The largest absolute Gasteiger partial charge is 0.460 e. The van der Waals surface area contributed by atoms with Gasteiger partial charge >= 0.3 is 12.1 Å². The van der Waals surface area contributed by atoms with Crippen LogP contribution in [-0.4, -0.2) is 29.8 Å². The van der Waals surface area contributed by atoms with E-state index in [0.29, 0.717) is 30.7 Å². The van der Waals surface area contributed by atoms with Crippen LogP contribution in [0.1, 0.15) is 81.1 Å². The molecule has 0 heterocycles. The van der Waals surface area contributed by atoms with E-state index in [1.807, 2.05) is 41.5 Å². The van der Waals surface area contributed by atoms with Crippen LogP contribution in [0, 0.1) is 23.2 Å². The summed E-state index contributed by atoms with van der Waals surface area (Å²) < 4.78 is 11.0. The monoisotopic (exact) mass is 393 g/mol. The summed E-state index contributed by atoms with van der Waals surface area (Å²) in [4.78, 5) is 24.8. The van der Waals surface area contributed by atoms with E-state index < -0.39 is 17.3 Å². The average Bonchev–Trinajstić information content (AvgIpc) is 2.77. The van der Waals surface area contributed by atoms with Crippen LogP contribution in [0.5, 0.6) is 0 Å². The average molecular weight is 394 g/mol. The Morgan fingerprint density at radius 2 is 1.75 bits per heavy atom. The van der Waals surface area contributed by atoms with Gasteiger partial charge < -0.3 is 14.8 Å². The Hall–Kier alpha value is -1.52. The Morgan fingerprint density at radius 1 is 1.14 bits per heavy atom. The van der Waals surface area contributed by atoms with Crippen LogP contribution in [0.25, 0.3) is 0 Å². The summed E-state index contributed by atoms with van der Waals surface area (Å²) >= 11 is 0. The molecular formula is C23H39NO4. The minimum atomic E-state index is -0.539. The van der Waals surface area contributed by atoms with E-state index in [4.69, 9.17) is 9.47 Å². The standard InChI is InChI=1S/C23H39NO4/c1-15(2)9-16-10-17-12-23(18(17)11-16,13-19(25)27-21(3,4)5)14-24-20(26)28-22(6,7)8/h11,15,17-18H,9-10,12-14H2,1-8H3,(H,24,26)/t17-,18-,23-/m0/s1. The second kappa shape index (κ2) is 8.08. The molecule has 0 radical (unpaired) electrons. The van der Waals surface area contributed by atoms with E-state index in [1.54, 1.807) is 0 Å². The van der Waals surface area contributed by atoms with Crippen molar-refractivity contribution in [3.05, 3.63) is 11.6 Å². The van der Waals surface area contributed by atoms with E-state index in [2.05, 4.69) is 25.2 Å². The molecule has 0 spiro atoms. The van der Waals surface area contributed by atoms with Gasteiger partial charge in [-0.1, -0.05) is 25.5 Å². The topological polar surface area (TPSA) is 64.6 Å². The Balaban J connectivity index is 2.10. The molecular weight excluding hydrogens is 354 g/mol. The summed E-state index contributed by atoms with van der Waals surface area (Å²) in [6.45, 7) is 16.1. The smallest absolute Gasteiger partial charge is 0.407 e. The SMILES string of the molecule is CC(C)CC1=C[C@H]2[C@@H](C1)C[C@@]2(CNC(=O)OC(C)(C)C)CC(=O)OC(C)(C)C. The van der Waals surface area contributed by atoms with Crippen LogP contribution in [0.2, 0.25) is 0 Å². The van der Waals surface area contributed by atoms with E-state index in [0.717, 1.165) is 19.3 Å². The van der Waals surface area contributed by atoms with Crippen LogP contribution in [-0.2, 0) is 14.3 Å². The molecule has 0 aliphatic heterocycles. The number of amides is 1. The summed E-state index contributed by atoms with van der Waals surface area (Å²) in [5, 5.41) is 2.92. The summed E-state index contributed by atoms with van der Waals surface area (Å²) in [7, 11) is 0. The van der Waals surface area contributed by atoms with Gasteiger partial charge in [-0.25, -0.2) is 4.79 Å². The maximum absolute atomic E-state index is 12.6. The van der Waals surface area contributed by atoms with Gasteiger partial charge in [-0.3, -0.25) is 4.79 Å². The van der Waals surface area contributed by atoms with Crippen molar-refractivity contribution in [1.82, 2.24) is 5.32 Å². The first kappa shape index (κ1) is 22.8. The lowest BCUT2D eigenvalue weighted by atomic mass is 9.53. The minimum absolute atomic E-state index is 0.192. The van der Waals surface area contributed by atoms with Crippen LogP contribution in [0.15, 0.2) is 11.6 Å². The predicted octanol–water partition coefficient (Wildman–Crippen LogP) is 5.24. The van der Waals surface area contributed by atoms with Gasteiger partial charge in [0.25, 0.3) is 0 Å². The lowest BCUT2D eigenvalue weighted by Gasteiger charge is -2.52. The molecule has 2 rings (SSSR count). The van der Waals surface area contributed by atoms with Gasteiger partial charge in [0.15, 0.2) is 0 Å². The molecule has 2 aliphatic rings. The van der Waals surface area contributed by atoms with Gasteiger partial charge in [-0.05, 0) is 78.6 Å². The molecule has 2 aliphatic carbocycles. The second-order valence-corrected chi connectivity index (χ2v) is 11.1. The van der Waals surface area contributed by atoms with Gasteiger partial charge in [0.1, 0.15) is 11.2 Å². The third-order valence-electron chi connectivity index (χ3n) is 5.39. The van der Waals surface area contributed by atoms with Crippen LogP contribution in [0.3, 0.4) is 0 Å². The van der Waals surface area contributed by atoms with E-state index in [-0.39, 0.29) is 11.4 Å². The van der Waals surface area contributed by atoms with Crippen molar-refractivity contribution in [3.8, 4) is 0 Å². The van der Waals surface area contributed by atoms with Gasteiger partial charge in [-0.2, -0.15) is 0 Å². The van der Waals surface area contributed by atoms with E-state index in [9.17, 15) is 9.59 Å².